The van der Waals surface area contributed by atoms with Crippen LogP contribution >= 0.6 is 0 Å². The molecule has 0 aliphatic carbocycles. The molecule has 1 aliphatic rings. The normalized spacial score (nSPS) is 21.8. The summed E-state index contributed by atoms with van der Waals surface area (Å²) >= 11 is 0. The van der Waals surface area contributed by atoms with E-state index in [-0.39, 0.29) is 5.97 Å². The van der Waals surface area contributed by atoms with Crippen LogP contribution < -0.4 is 5.32 Å². The van der Waals surface area contributed by atoms with Gasteiger partial charge in [-0.2, -0.15) is 0 Å². The smallest absolute Gasteiger partial charge is 0.338 e. The lowest BCUT2D eigenvalue weighted by molar-refractivity contribution is -0.169. The molecule has 0 radical (unpaired) electrons. The van der Waals surface area contributed by atoms with Gasteiger partial charge in [0.2, 0.25) is 0 Å². The van der Waals surface area contributed by atoms with E-state index in [9.17, 15) is 4.79 Å². The Morgan fingerprint density at radius 3 is 2.33 bits per heavy atom. The molecule has 0 atom stereocenters. The molecular formula is C8H15NO3. The molecule has 1 rings (SSSR count). The van der Waals surface area contributed by atoms with E-state index in [1.54, 1.807) is 7.11 Å². The zero-order chi connectivity index (χ0) is 9.03. The first-order valence-corrected chi connectivity index (χ1v) is 4.09. The van der Waals surface area contributed by atoms with Crippen molar-refractivity contribution in [2.24, 2.45) is 0 Å². The first kappa shape index (κ1) is 9.48. The lowest BCUT2D eigenvalue weighted by atomic mass is 9.92. The zero-order valence-electron chi connectivity index (χ0n) is 7.55. The van der Waals surface area contributed by atoms with E-state index in [4.69, 9.17) is 9.47 Å². The highest BCUT2D eigenvalue weighted by Crippen LogP contribution is 2.23. The van der Waals surface area contributed by atoms with Crippen molar-refractivity contribution in [3.8, 4) is 0 Å². The summed E-state index contributed by atoms with van der Waals surface area (Å²) in [4.78, 5) is 11.3. The first-order valence-electron chi connectivity index (χ1n) is 4.09. The minimum absolute atomic E-state index is 0.258. The molecule has 12 heavy (non-hydrogen) atoms. The third-order valence-electron chi connectivity index (χ3n) is 2.36. The lowest BCUT2D eigenvalue weighted by Gasteiger charge is -2.33. The van der Waals surface area contributed by atoms with Crippen LogP contribution in [0.25, 0.3) is 0 Å². The Labute approximate surface area is 72.2 Å². The van der Waals surface area contributed by atoms with Crippen LogP contribution in [0.2, 0.25) is 0 Å². The molecule has 0 aromatic rings. The average molecular weight is 173 g/mol. The van der Waals surface area contributed by atoms with Gasteiger partial charge in [0.05, 0.1) is 7.11 Å². The van der Waals surface area contributed by atoms with Crippen molar-refractivity contribution in [1.82, 2.24) is 5.32 Å². The fourth-order valence-corrected chi connectivity index (χ4v) is 1.51. The van der Waals surface area contributed by atoms with Gasteiger partial charge in [-0.05, 0) is 25.9 Å². The number of carbonyl (C=O) groups is 1. The van der Waals surface area contributed by atoms with Crippen LogP contribution in [0.3, 0.4) is 0 Å². The number of methoxy groups -OCH3 is 2. The average Bonchev–Trinajstić information content (AvgIpc) is 2.17. The quantitative estimate of drug-likeness (QED) is 0.594. The summed E-state index contributed by atoms with van der Waals surface area (Å²) in [5.41, 5.74) is -0.694. The Hall–Kier alpha value is -0.610. The molecule has 1 heterocycles. The predicted octanol–water partition coefficient (Wildman–Crippen LogP) is -0.0720. The Kier molecular flexibility index (Phi) is 3.05. The molecule has 70 valence electrons. The molecule has 0 unspecified atom stereocenters. The summed E-state index contributed by atoms with van der Waals surface area (Å²) in [6, 6.07) is 0. The van der Waals surface area contributed by atoms with Gasteiger partial charge in [-0.25, -0.2) is 4.79 Å². The second kappa shape index (κ2) is 3.87. The van der Waals surface area contributed by atoms with Gasteiger partial charge in [-0.1, -0.05) is 0 Å². The molecule has 0 amide bonds. The van der Waals surface area contributed by atoms with Gasteiger partial charge in [0.15, 0.2) is 5.60 Å². The number of rotatable bonds is 2. The number of hydrogen-bond acceptors (Lipinski definition) is 4. The first-order chi connectivity index (χ1) is 5.75. The van der Waals surface area contributed by atoms with E-state index >= 15 is 0 Å². The fourth-order valence-electron chi connectivity index (χ4n) is 1.51. The monoisotopic (exact) mass is 173 g/mol. The van der Waals surface area contributed by atoms with Crippen molar-refractivity contribution >= 4 is 5.97 Å². The van der Waals surface area contributed by atoms with E-state index in [1.807, 2.05) is 0 Å². The van der Waals surface area contributed by atoms with Crippen LogP contribution in [-0.4, -0.2) is 38.9 Å². The lowest BCUT2D eigenvalue weighted by Crippen LogP contribution is -2.49. The van der Waals surface area contributed by atoms with Crippen LogP contribution in [0.15, 0.2) is 0 Å². The third-order valence-corrected chi connectivity index (χ3v) is 2.36. The second-order valence-electron chi connectivity index (χ2n) is 2.94. The molecule has 1 fully saturated rings. The Morgan fingerprint density at radius 2 is 1.92 bits per heavy atom. The molecule has 4 nitrogen and oxygen atoms in total. The maximum Gasteiger partial charge on any atom is 0.338 e. The Balaban J connectivity index is 2.66. The van der Waals surface area contributed by atoms with Gasteiger partial charge in [-0.3, -0.25) is 0 Å². The van der Waals surface area contributed by atoms with Crippen LogP contribution in [0.1, 0.15) is 12.8 Å². The number of hydrogen-bond donors (Lipinski definition) is 1. The highest BCUT2D eigenvalue weighted by atomic mass is 16.6. The second-order valence-corrected chi connectivity index (χ2v) is 2.94. The van der Waals surface area contributed by atoms with Gasteiger partial charge in [0, 0.05) is 7.11 Å². The van der Waals surface area contributed by atoms with Crippen molar-refractivity contribution in [1.29, 1.82) is 0 Å². The van der Waals surface area contributed by atoms with Crippen molar-refractivity contribution in [2.75, 3.05) is 27.3 Å². The van der Waals surface area contributed by atoms with Crippen LogP contribution in [0.4, 0.5) is 0 Å². The van der Waals surface area contributed by atoms with E-state index in [0.29, 0.717) is 12.8 Å². The molecular weight excluding hydrogens is 158 g/mol. The van der Waals surface area contributed by atoms with Crippen LogP contribution in [-0.2, 0) is 14.3 Å². The minimum atomic E-state index is -0.694. The SMILES string of the molecule is COC(=O)C1(OC)CCNCC1. The maximum absolute atomic E-state index is 11.3. The molecule has 1 N–H and O–H groups in total. The molecule has 1 saturated heterocycles. The molecule has 0 aromatic carbocycles. The van der Waals surface area contributed by atoms with Crippen molar-refractivity contribution in [3.05, 3.63) is 0 Å². The summed E-state index contributed by atoms with van der Waals surface area (Å²) in [5.74, 6) is -0.258. The Bertz CT molecular complexity index is 164. The topological polar surface area (TPSA) is 47.6 Å². The third kappa shape index (κ3) is 1.59. The van der Waals surface area contributed by atoms with Gasteiger partial charge < -0.3 is 14.8 Å². The molecule has 0 saturated carbocycles. The van der Waals surface area contributed by atoms with Crippen LogP contribution in [0, 0.1) is 0 Å². The largest absolute Gasteiger partial charge is 0.467 e. The number of piperidine rings is 1. The summed E-state index contributed by atoms with van der Waals surface area (Å²) in [6.45, 7) is 1.62. The molecule has 0 aromatic heterocycles. The number of esters is 1. The fraction of sp³-hybridized carbons (Fsp3) is 0.875. The highest BCUT2D eigenvalue weighted by Gasteiger charge is 2.40. The molecule has 0 bridgehead atoms. The summed E-state index contributed by atoms with van der Waals surface area (Å²) in [5, 5.41) is 3.16. The predicted molar refractivity (Wildman–Crippen MR) is 43.9 cm³/mol. The summed E-state index contributed by atoms with van der Waals surface area (Å²) in [6.07, 6.45) is 1.38. The molecule has 0 spiro atoms. The van der Waals surface area contributed by atoms with Gasteiger partial charge in [-0.15, -0.1) is 0 Å². The number of carbonyl (C=O) groups excluding carboxylic acids is 1. The number of ether oxygens (including phenoxy) is 2. The zero-order valence-corrected chi connectivity index (χ0v) is 7.55. The van der Waals surface area contributed by atoms with Gasteiger partial charge >= 0.3 is 5.97 Å². The van der Waals surface area contributed by atoms with E-state index in [2.05, 4.69) is 5.32 Å². The maximum atomic E-state index is 11.3. The van der Waals surface area contributed by atoms with Gasteiger partial charge in [0.25, 0.3) is 0 Å². The number of nitrogens with one attached hydrogen (secondary N) is 1. The van der Waals surface area contributed by atoms with Crippen molar-refractivity contribution in [3.63, 3.8) is 0 Å². The van der Waals surface area contributed by atoms with Crippen molar-refractivity contribution in [2.45, 2.75) is 18.4 Å². The summed E-state index contributed by atoms with van der Waals surface area (Å²) in [7, 11) is 2.95. The molecule has 4 heteroatoms. The van der Waals surface area contributed by atoms with Crippen LogP contribution in [0.5, 0.6) is 0 Å². The van der Waals surface area contributed by atoms with Gasteiger partial charge in [0.1, 0.15) is 0 Å². The van der Waals surface area contributed by atoms with E-state index in [0.717, 1.165) is 13.1 Å². The van der Waals surface area contributed by atoms with E-state index < -0.39 is 5.60 Å². The van der Waals surface area contributed by atoms with Crippen molar-refractivity contribution < 1.29 is 14.3 Å². The standard InChI is InChI=1S/C8H15NO3/c1-11-7(10)8(12-2)3-5-9-6-4-8/h9H,3-6H2,1-2H3. The van der Waals surface area contributed by atoms with E-state index in [1.165, 1.54) is 7.11 Å². The minimum Gasteiger partial charge on any atom is -0.467 e. The highest BCUT2D eigenvalue weighted by molar-refractivity contribution is 5.79. The Morgan fingerprint density at radius 1 is 1.33 bits per heavy atom. The summed E-state index contributed by atoms with van der Waals surface area (Å²) < 4.78 is 9.91. The molecule has 1 aliphatic heterocycles.